The molecule has 0 radical (unpaired) electrons. The second kappa shape index (κ2) is 7.44. The van der Waals surface area contributed by atoms with E-state index in [1.54, 1.807) is 0 Å². The number of hydrogen-bond acceptors (Lipinski definition) is 2. The van der Waals surface area contributed by atoms with E-state index in [1.165, 1.54) is 38.5 Å². The van der Waals surface area contributed by atoms with Crippen LogP contribution in [-0.4, -0.2) is 23.2 Å². The van der Waals surface area contributed by atoms with Crippen LogP contribution in [0.2, 0.25) is 0 Å². The van der Waals surface area contributed by atoms with E-state index in [2.05, 4.69) is 12.2 Å². The van der Waals surface area contributed by atoms with Gasteiger partial charge in [0.15, 0.2) is 0 Å². The Bertz CT molecular complexity index is 310. The highest BCUT2D eigenvalue weighted by Crippen LogP contribution is 2.33. The smallest absolute Gasteiger partial charge is 0.223 e. The highest BCUT2D eigenvalue weighted by molar-refractivity contribution is 5.79. The number of aliphatic hydroxyl groups excluding tert-OH is 1. The topological polar surface area (TPSA) is 49.3 Å². The minimum Gasteiger partial charge on any atom is -0.394 e. The molecule has 3 heteroatoms. The van der Waals surface area contributed by atoms with Crippen molar-refractivity contribution in [3.63, 3.8) is 0 Å². The molecular weight excluding hydrogens is 250 g/mol. The van der Waals surface area contributed by atoms with Gasteiger partial charge in [-0.2, -0.15) is 0 Å². The molecule has 2 aliphatic carbocycles. The summed E-state index contributed by atoms with van der Waals surface area (Å²) in [6.07, 6.45) is 12.5. The van der Waals surface area contributed by atoms with E-state index in [1.807, 2.05) is 0 Å². The fraction of sp³-hybridized carbons (Fsp3) is 0.941. The van der Waals surface area contributed by atoms with Crippen molar-refractivity contribution in [3.05, 3.63) is 0 Å². The van der Waals surface area contributed by atoms with Gasteiger partial charge in [-0.05, 0) is 31.6 Å². The number of aliphatic hydroxyl groups is 1. The van der Waals surface area contributed by atoms with Crippen molar-refractivity contribution in [2.75, 3.05) is 6.61 Å². The lowest BCUT2D eigenvalue weighted by Crippen LogP contribution is -2.55. The summed E-state index contributed by atoms with van der Waals surface area (Å²) in [5.41, 5.74) is -0.336. The second-order valence-electron chi connectivity index (χ2n) is 7.17. The summed E-state index contributed by atoms with van der Waals surface area (Å²) in [6.45, 7) is 2.32. The number of nitrogens with one attached hydrogen (secondary N) is 1. The Morgan fingerprint density at radius 2 is 1.75 bits per heavy atom. The Balaban J connectivity index is 1.93. The van der Waals surface area contributed by atoms with Crippen LogP contribution in [0.25, 0.3) is 0 Å². The van der Waals surface area contributed by atoms with Crippen LogP contribution in [0.1, 0.15) is 77.6 Å². The SMILES string of the molecule is CC1CCCC(CO)(NC(=O)C2CCCCCCC2)C1. The molecule has 2 atom stereocenters. The molecule has 2 fully saturated rings. The summed E-state index contributed by atoms with van der Waals surface area (Å²) in [5, 5.41) is 13.0. The van der Waals surface area contributed by atoms with E-state index in [0.717, 1.165) is 32.1 Å². The van der Waals surface area contributed by atoms with Crippen LogP contribution < -0.4 is 5.32 Å². The summed E-state index contributed by atoms with van der Waals surface area (Å²) in [5.74, 6) is 0.986. The van der Waals surface area contributed by atoms with Crippen molar-refractivity contribution in [2.24, 2.45) is 11.8 Å². The Labute approximate surface area is 123 Å². The van der Waals surface area contributed by atoms with Crippen molar-refractivity contribution in [3.8, 4) is 0 Å². The van der Waals surface area contributed by atoms with Gasteiger partial charge in [-0.1, -0.05) is 51.9 Å². The number of hydrogen-bond donors (Lipinski definition) is 2. The van der Waals surface area contributed by atoms with E-state index in [4.69, 9.17) is 0 Å². The zero-order valence-electron chi connectivity index (χ0n) is 13.0. The van der Waals surface area contributed by atoms with Gasteiger partial charge in [0.05, 0.1) is 12.1 Å². The van der Waals surface area contributed by atoms with E-state index >= 15 is 0 Å². The molecule has 2 unspecified atom stereocenters. The predicted molar refractivity (Wildman–Crippen MR) is 81.4 cm³/mol. The summed E-state index contributed by atoms with van der Waals surface area (Å²) in [6, 6.07) is 0. The minimum atomic E-state index is -0.336. The van der Waals surface area contributed by atoms with Gasteiger partial charge in [0.25, 0.3) is 0 Å². The summed E-state index contributed by atoms with van der Waals surface area (Å²) in [7, 11) is 0. The number of amides is 1. The molecule has 20 heavy (non-hydrogen) atoms. The third kappa shape index (κ3) is 4.21. The van der Waals surface area contributed by atoms with Gasteiger partial charge in [0.2, 0.25) is 5.91 Å². The van der Waals surface area contributed by atoms with Gasteiger partial charge in [0, 0.05) is 5.92 Å². The predicted octanol–water partition coefficient (Wildman–Crippen LogP) is 3.40. The van der Waals surface area contributed by atoms with Gasteiger partial charge < -0.3 is 10.4 Å². The third-order valence-corrected chi connectivity index (χ3v) is 5.26. The van der Waals surface area contributed by atoms with Gasteiger partial charge in [-0.15, -0.1) is 0 Å². The molecule has 0 aliphatic heterocycles. The number of rotatable bonds is 3. The molecule has 0 spiro atoms. The van der Waals surface area contributed by atoms with E-state index in [0.29, 0.717) is 5.92 Å². The van der Waals surface area contributed by atoms with Crippen LogP contribution in [0, 0.1) is 11.8 Å². The fourth-order valence-electron chi connectivity index (χ4n) is 4.04. The number of carbonyl (C=O) groups is 1. The second-order valence-corrected chi connectivity index (χ2v) is 7.17. The van der Waals surface area contributed by atoms with Crippen molar-refractivity contribution in [1.29, 1.82) is 0 Å². The Morgan fingerprint density at radius 3 is 2.35 bits per heavy atom. The average Bonchev–Trinajstić information content (AvgIpc) is 2.38. The normalized spacial score (nSPS) is 33.2. The molecule has 0 bridgehead atoms. The van der Waals surface area contributed by atoms with E-state index in [-0.39, 0.29) is 24.0 Å². The zero-order valence-corrected chi connectivity index (χ0v) is 13.0. The molecule has 1 amide bonds. The highest BCUT2D eigenvalue weighted by Gasteiger charge is 2.37. The van der Waals surface area contributed by atoms with Crippen LogP contribution in [0.15, 0.2) is 0 Å². The van der Waals surface area contributed by atoms with Gasteiger partial charge >= 0.3 is 0 Å². The van der Waals surface area contributed by atoms with Crippen LogP contribution in [0.5, 0.6) is 0 Å². The molecule has 0 aromatic rings. The summed E-state index contributed by atoms with van der Waals surface area (Å²) in [4.78, 5) is 12.6. The van der Waals surface area contributed by atoms with Crippen molar-refractivity contribution in [1.82, 2.24) is 5.32 Å². The van der Waals surface area contributed by atoms with Gasteiger partial charge in [-0.25, -0.2) is 0 Å². The van der Waals surface area contributed by atoms with E-state index in [9.17, 15) is 9.90 Å². The lowest BCUT2D eigenvalue weighted by molar-refractivity contribution is -0.129. The van der Waals surface area contributed by atoms with Crippen molar-refractivity contribution in [2.45, 2.75) is 83.1 Å². The molecule has 0 saturated heterocycles. The molecule has 0 heterocycles. The zero-order chi connectivity index (χ0) is 14.4. The lowest BCUT2D eigenvalue weighted by atomic mass is 9.76. The van der Waals surface area contributed by atoms with Crippen molar-refractivity contribution < 1.29 is 9.90 Å². The maximum Gasteiger partial charge on any atom is 0.223 e. The molecular formula is C17H31NO2. The number of carbonyl (C=O) groups excluding carboxylic acids is 1. The quantitative estimate of drug-likeness (QED) is 0.833. The molecule has 2 N–H and O–H groups in total. The fourth-order valence-corrected chi connectivity index (χ4v) is 4.04. The van der Waals surface area contributed by atoms with Crippen LogP contribution in [0.4, 0.5) is 0 Å². The lowest BCUT2D eigenvalue weighted by Gasteiger charge is -2.40. The first-order chi connectivity index (χ1) is 9.65. The monoisotopic (exact) mass is 281 g/mol. The summed E-state index contributed by atoms with van der Waals surface area (Å²) >= 11 is 0. The first-order valence-electron chi connectivity index (χ1n) is 8.58. The Morgan fingerprint density at radius 1 is 1.10 bits per heavy atom. The minimum absolute atomic E-state index is 0.0931. The first kappa shape index (κ1) is 15.8. The standard InChI is InChI=1S/C17H31NO2/c1-14-8-7-11-17(12-14,13-19)18-16(20)15-9-5-3-2-4-6-10-15/h14-15,19H,2-13H2,1H3,(H,18,20). The molecule has 0 aromatic carbocycles. The Kier molecular flexibility index (Phi) is 5.88. The van der Waals surface area contributed by atoms with Gasteiger partial charge in [0.1, 0.15) is 0 Å². The van der Waals surface area contributed by atoms with Gasteiger partial charge in [-0.3, -0.25) is 4.79 Å². The molecule has 2 rings (SSSR count). The highest BCUT2D eigenvalue weighted by atomic mass is 16.3. The third-order valence-electron chi connectivity index (χ3n) is 5.26. The summed E-state index contributed by atoms with van der Waals surface area (Å²) < 4.78 is 0. The van der Waals surface area contributed by atoms with Crippen LogP contribution >= 0.6 is 0 Å². The van der Waals surface area contributed by atoms with Crippen molar-refractivity contribution >= 4 is 5.91 Å². The largest absolute Gasteiger partial charge is 0.394 e. The molecule has 2 aliphatic rings. The van der Waals surface area contributed by atoms with Crippen LogP contribution in [-0.2, 0) is 4.79 Å². The van der Waals surface area contributed by atoms with Crippen LogP contribution in [0.3, 0.4) is 0 Å². The molecule has 3 nitrogen and oxygen atoms in total. The maximum atomic E-state index is 12.6. The Hall–Kier alpha value is -0.570. The molecule has 0 aromatic heterocycles. The van der Waals surface area contributed by atoms with E-state index < -0.39 is 0 Å². The first-order valence-corrected chi connectivity index (χ1v) is 8.58. The maximum absolute atomic E-state index is 12.6. The molecule has 116 valence electrons. The molecule has 2 saturated carbocycles. The average molecular weight is 281 g/mol.